The lowest BCUT2D eigenvalue weighted by Crippen LogP contribution is -2.35. The predicted octanol–water partition coefficient (Wildman–Crippen LogP) is 2.94. The number of fused-ring (bicyclic) bond motifs is 1. The second kappa shape index (κ2) is 3.73. The van der Waals surface area contributed by atoms with E-state index >= 15 is 0 Å². The second-order valence-electron chi connectivity index (χ2n) is 4.21. The average molecular weight is 300 g/mol. The number of aromatic carboxylic acids is 1. The summed E-state index contributed by atoms with van der Waals surface area (Å²) in [6.45, 7) is 3.42. The van der Waals surface area contributed by atoms with Crippen molar-refractivity contribution in [3.05, 3.63) is 27.7 Å². The molecule has 6 heteroatoms. The summed E-state index contributed by atoms with van der Waals surface area (Å²) in [7, 11) is 0. The molecule has 1 aromatic rings. The molecule has 1 aliphatic heterocycles. The zero-order valence-electron chi connectivity index (χ0n) is 9.20. The number of anilines is 1. The number of cyclic esters (lactones) is 1. The van der Waals surface area contributed by atoms with Gasteiger partial charge in [-0.25, -0.2) is 9.59 Å². The third-order valence-electron chi connectivity index (χ3n) is 2.56. The topological polar surface area (TPSA) is 75.6 Å². The Kier molecular flexibility index (Phi) is 2.61. The lowest BCUT2D eigenvalue weighted by molar-refractivity contribution is 0.0418. The maximum atomic E-state index is 11.4. The lowest BCUT2D eigenvalue weighted by atomic mass is 9.92. The van der Waals surface area contributed by atoms with Crippen molar-refractivity contribution >= 4 is 33.7 Å². The van der Waals surface area contributed by atoms with E-state index in [1.165, 1.54) is 6.07 Å². The minimum Gasteiger partial charge on any atom is -0.478 e. The van der Waals surface area contributed by atoms with Crippen LogP contribution in [0.1, 0.15) is 29.8 Å². The van der Waals surface area contributed by atoms with Crippen molar-refractivity contribution in [3.63, 3.8) is 0 Å². The minimum atomic E-state index is -1.10. The van der Waals surface area contributed by atoms with Crippen LogP contribution in [0, 0.1) is 0 Å². The summed E-state index contributed by atoms with van der Waals surface area (Å²) < 4.78 is 5.75. The van der Waals surface area contributed by atoms with Crippen molar-refractivity contribution in [2.75, 3.05) is 5.32 Å². The third-order valence-corrected chi connectivity index (χ3v) is 3.01. The van der Waals surface area contributed by atoms with Crippen molar-refractivity contribution < 1.29 is 19.4 Å². The van der Waals surface area contributed by atoms with Crippen LogP contribution >= 0.6 is 15.9 Å². The zero-order chi connectivity index (χ0) is 12.8. The number of carbonyl (C=O) groups is 2. The zero-order valence-corrected chi connectivity index (χ0v) is 10.8. The van der Waals surface area contributed by atoms with Crippen LogP contribution in [-0.2, 0) is 10.3 Å². The van der Waals surface area contributed by atoms with Gasteiger partial charge in [-0.15, -0.1) is 0 Å². The molecule has 0 radical (unpaired) electrons. The molecule has 2 rings (SSSR count). The van der Waals surface area contributed by atoms with E-state index in [9.17, 15) is 9.59 Å². The number of nitrogens with one attached hydrogen (secondary N) is 1. The number of ether oxygens (including phenoxy) is 1. The quantitative estimate of drug-likeness (QED) is 0.836. The summed E-state index contributed by atoms with van der Waals surface area (Å²) in [6.07, 6.45) is -0.646. The third kappa shape index (κ3) is 2.00. The van der Waals surface area contributed by atoms with Gasteiger partial charge in [0.2, 0.25) is 0 Å². The number of rotatable bonds is 1. The smallest absolute Gasteiger partial charge is 0.412 e. The van der Waals surface area contributed by atoms with Gasteiger partial charge < -0.3 is 9.84 Å². The first-order valence-electron chi connectivity index (χ1n) is 4.88. The van der Waals surface area contributed by atoms with Gasteiger partial charge in [0.15, 0.2) is 0 Å². The molecule has 90 valence electrons. The van der Waals surface area contributed by atoms with Crippen molar-refractivity contribution in [3.8, 4) is 0 Å². The summed E-state index contributed by atoms with van der Waals surface area (Å²) in [6, 6.07) is 3.18. The molecular weight excluding hydrogens is 290 g/mol. The van der Waals surface area contributed by atoms with Gasteiger partial charge in [0.1, 0.15) is 5.60 Å². The van der Waals surface area contributed by atoms with E-state index in [1.54, 1.807) is 19.9 Å². The molecule has 0 fully saturated rings. The van der Waals surface area contributed by atoms with Crippen LogP contribution in [0.5, 0.6) is 0 Å². The highest BCUT2D eigenvalue weighted by Gasteiger charge is 2.36. The van der Waals surface area contributed by atoms with Gasteiger partial charge >= 0.3 is 12.1 Å². The first kappa shape index (κ1) is 11.9. The molecule has 1 amide bonds. The number of carbonyl (C=O) groups excluding carboxylic acids is 1. The van der Waals surface area contributed by atoms with E-state index in [4.69, 9.17) is 9.84 Å². The molecule has 0 atom stereocenters. The van der Waals surface area contributed by atoms with Gasteiger partial charge in [-0.3, -0.25) is 5.32 Å². The van der Waals surface area contributed by atoms with Gasteiger partial charge in [0.05, 0.1) is 11.3 Å². The standard InChI is InChI=1S/C11H10BrNO4/c1-11(2)7-4-5(12)3-6(9(14)15)8(7)13-10(16)17-11/h3-4H,1-2H3,(H,13,16)(H,14,15). The van der Waals surface area contributed by atoms with E-state index in [-0.39, 0.29) is 5.56 Å². The van der Waals surface area contributed by atoms with E-state index in [0.717, 1.165) is 0 Å². The largest absolute Gasteiger partial charge is 0.478 e. The Morgan fingerprint density at radius 3 is 2.71 bits per heavy atom. The molecule has 0 bridgehead atoms. The van der Waals surface area contributed by atoms with Crippen LogP contribution in [0.4, 0.5) is 10.5 Å². The fourth-order valence-electron chi connectivity index (χ4n) is 1.80. The molecule has 1 aliphatic rings. The van der Waals surface area contributed by atoms with Gasteiger partial charge in [0.25, 0.3) is 0 Å². The summed E-state index contributed by atoms with van der Waals surface area (Å²) in [5.74, 6) is -1.10. The number of hydrogen-bond acceptors (Lipinski definition) is 3. The van der Waals surface area contributed by atoms with Crippen molar-refractivity contribution in [1.29, 1.82) is 0 Å². The molecule has 0 unspecified atom stereocenters. The Balaban J connectivity index is 2.73. The Bertz CT molecular complexity index is 524. The van der Waals surface area contributed by atoms with Crippen LogP contribution < -0.4 is 5.32 Å². The Morgan fingerprint density at radius 2 is 2.12 bits per heavy atom. The molecule has 17 heavy (non-hydrogen) atoms. The molecule has 0 saturated heterocycles. The van der Waals surface area contributed by atoms with Crippen LogP contribution in [0.15, 0.2) is 16.6 Å². The van der Waals surface area contributed by atoms with Gasteiger partial charge in [-0.1, -0.05) is 15.9 Å². The number of benzene rings is 1. The molecule has 0 aliphatic carbocycles. The molecule has 0 spiro atoms. The Labute approximate surface area is 106 Å². The minimum absolute atomic E-state index is 0.0408. The van der Waals surface area contributed by atoms with E-state index in [0.29, 0.717) is 15.7 Å². The Hall–Kier alpha value is -1.56. The van der Waals surface area contributed by atoms with Crippen LogP contribution in [0.3, 0.4) is 0 Å². The molecular formula is C11H10BrNO4. The van der Waals surface area contributed by atoms with E-state index in [1.807, 2.05) is 0 Å². The number of carboxylic acid groups (broad SMARTS) is 1. The van der Waals surface area contributed by atoms with Crippen molar-refractivity contribution in [2.24, 2.45) is 0 Å². The van der Waals surface area contributed by atoms with Gasteiger partial charge in [0, 0.05) is 10.0 Å². The summed E-state index contributed by atoms with van der Waals surface area (Å²) in [5, 5.41) is 11.5. The van der Waals surface area contributed by atoms with Crippen LogP contribution in [0.2, 0.25) is 0 Å². The highest BCUT2D eigenvalue weighted by atomic mass is 79.9. The molecule has 1 aromatic carbocycles. The number of hydrogen-bond donors (Lipinski definition) is 2. The molecule has 5 nitrogen and oxygen atoms in total. The fourth-order valence-corrected chi connectivity index (χ4v) is 2.26. The normalized spacial score (nSPS) is 16.8. The number of carboxylic acids is 1. The van der Waals surface area contributed by atoms with Crippen molar-refractivity contribution in [1.82, 2.24) is 0 Å². The molecule has 0 aromatic heterocycles. The number of halogens is 1. The van der Waals surface area contributed by atoms with Crippen LogP contribution in [0.25, 0.3) is 0 Å². The second-order valence-corrected chi connectivity index (χ2v) is 5.12. The van der Waals surface area contributed by atoms with E-state index < -0.39 is 17.7 Å². The number of amides is 1. The van der Waals surface area contributed by atoms with Crippen molar-refractivity contribution in [2.45, 2.75) is 19.4 Å². The maximum absolute atomic E-state index is 11.4. The first-order chi connectivity index (χ1) is 7.81. The average Bonchev–Trinajstić information content (AvgIpc) is 2.17. The maximum Gasteiger partial charge on any atom is 0.412 e. The van der Waals surface area contributed by atoms with Crippen LogP contribution in [-0.4, -0.2) is 17.2 Å². The molecule has 1 heterocycles. The Morgan fingerprint density at radius 1 is 1.47 bits per heavy atom. The fraction of sp³-hybridized carbons (Fsp3) is 0.273. The highest BCUT2D eigenvalue weighted by molar-refractivity contribution is 9.10. The summed E-state index contributed by atoms with van der Waals surface area (Å²) >= 11 is 3.24. The summed E-state index contributed by atoms with van der Waals surface area (Å²) in [4.78, 5) is 22.5. The monoisotopic (exact) mass is 299 g/mol. The predicted molar refractivity (Wildman–Crippen MR) is 64.2 cm³/mol. The first-order valence-corrected chi connectivity index (χ1v) is 5.68. The van der Waals surface area contributed by atoms with E-state index in [2.05, 4.69) is 21.2 Å². The summed E-state index contributed by atoms with van der Waals surface area (Å²) in [5.41, 5.74) is 0.107. The van der Waals surface area contributed by atoms with Gasteiger partial charge in [-0.05, 0) is 26.0 Å². The highest BCUT2D eigenvalue weighted by Crippen LogP contribution is 2.39. The molecule has 0 saturated carbocycles. The van der Waals surface area contributed by atoms with Gasteiger partial charge in [-0.2, -0.15) is 0 Å². The lowest BCUT2D eigenvalue weighted by Gasteiger charge is -2.33. The SMILES string of the molecule is CC1(C)OC(=O)Nc2c(C(=O)O)cc(Br)cc21. The molecule has 2 N–H and O–H groups in total.